The van der Waals surface area contributed by atoms with Gasteiger partial charge in [-0.05, 0) is 0 Å². The SMILES string of the molecule is c1cc2[nH]ncc2c[nH+]1. The Morgan fingerprint density at radius 2 is 2.56 bits per heavy atom. The van der Waals surface area contributed by atoms with Crippen molar-refractivity contribution in [2.75, 3.05) is 0 Å². The number of nitrogens with zero attached hydrogens (tertiary/aromatic N) is 1. The average Bonchev–Trinajstić information content (AvgIpc) is 2.33. The van der Waals surface area contributed by atoms with E-state index in [9.17, 15) is 0 Å². The summed E-state index contributed by atoms with van der Waals surface area (Å²) in [5, 5.41) is 7.81. The zero-order chi connectivity index (χ0) is 6.10. The van der Waals surface area contributed by atoms with Crippen molar-refractivity contribution in [2.45, 2.75) is 0 Å². The van der Waals surface area contributed by atoms with E-state index in [-0.39, 0.29) is 0 Å². The van der Waals surface area contributed by atoms with Gasteiger partial charge in [-0.15, -0.1) is 0 Å². The fraction of sp³-hybridized carbons (Fsp3) is 0. The van der Waals surface area contributed by atoms with Crippen LogP contribution in [0.25, 0.3) is 10.9 Å². The highest BCUT2D eigenvalue weighted by molar-refractivity contribution is 5.75. The lowest BCUT2D eigenvalue weighted by molar-refractivity contribution is -0.375. The zero-order valence-corrected chi connectivity index (χ0v) is 4.76. The van der Waals surface area contributed by atoms with E-state index in [1.807, 2.05) is 18.5 Å². The van der Waals surface area contributed by atoms with Crippen LogP contribution in [0.15, 0.2) is 24.7 Å². The lowest BCUT2D eigenvalue weighted by Crippen LogP contribution is -1.95. The van der Waals surface area contributed by atoms with Gasteiger partial charge < -0.3 is 0 Å². The molecule has 0 fully saturated rings. The van der Waals surface area contributed by atoms with Gasteiger partial charge in [0.2, 0.25) is 0 Å². The molecule has 44 valence electrons. The smallest absolute Gasteiger partial charge is 0.178 e. The van der Waals surface area contributed by atoms with Crippen LogP contribution in [0.1, 0.15) is 0 Å². The molecule has 0 atom stereocenters. The van der Waals surface area contributed by atoms with Crippen molar-refractivity contribution in [3.8, 4) is 0 Å². The van der Waals surface area contributed by atoms with E-state index in [1.54, 1.807) is 6.20 Å². The molecule has 2 aromatic heterocycles. The van der Waals surface area contributed by atoms with E-state index in [4.69, 9.17) is 0 Å². The maximum Gasteiger partial charge on any atom is 0.178 e. The van der Waals surface area contributed by atoms with Crippen LogP contribution >= 0.6 is 0 Å². The molecule has 9 heavy (non-hydrogen) atoms. The first-order chi connectivity index (χ1) is 4.47. The topological polar surface area (TPSA) is 42.8 Å². The minimum absolute atomic E-state index is 1.06. The van der Waals surface area contributed by atoms with E-state index in [0.717, 1.165) is 10.9 Å². The molecule has 0 amide bonds. The van der Waals surface area contributed by atoms with Crippen molar-refractivity contribution < 1.29 is 4.98 Å². The molecule has 2 heterocycles. The summed E-state index contributed by atoms with van der Waals surface area (Å²) in [6.07, 6.45) is 5.55. The molecular formula is C6H6N3+. The second kappa shape index (κ2) is 1.55. The lowest BCUT2D eigenvalue weighted by Gasteiger charge is -1.75. The van der Waals surface area contributed by atoms with Crippen LogP contribution in [-0.2, 0) is 0 Å². The van der Waals surface area contributed by atoms with Crippen molar-refractivity contribution in [2.24, 2.45) is 0 Å². The summed E-state index contributed by atoms with van der Waals surface area (Å²) in [4.78, 5) is 2.96. The van der Waals surface area contributed by atoms with Crippen LogP contribution in [0.3, 0.4) is 0 Å². The minimum Gasteiger partial charge on any atom is -0.277 e. The normalized spacial score (nSPS) is 10.2. The Kier molecular flexibility index (Phi) is 0.773. The summed E-state index contributed by atoms with van der Waals surface area (Å²) in [6.45, 7) is 0. The van der Waals surface area contributed by atoms with Gasteiger partial charge in [-0.3, -0.25) is 5.10 Å². The first kappa shape index (κ1) is 4.49. The molecule has 0 aromatic carbocycles. The number of pyridine rings is 1. The molecule has 2 N–H and O–H groups in total. The molecule has 0 radical (unpaired) electrons. The Balaban J connectivity index is 2.95. The van der Waals surface area contributed by atoms with Crippen LogP contribution < -0.4 is 4.98 Å². The van der Waals surface area contributed by atoms with Crippen LogP contribution in [-0.4, -0.2) is 10.2 Å². The highest BCUT2D eigenvalue weighted by Gasteiger charge is 1.93. The molecule has 0 spiro atoms. The predicted octanol–water partition coefficient (Wildman–Crippen LogP) is 0.377. The average molecular weight is 120 g/mol. The highest BCUT2D eigenvalue weighted by Crippen LogP contribution is 2.02. The second-order valence-electron chi connectivity index (χ2n) is 1.88. The van der Waals surface area contributed by atoms with Crippen LogP contribution in [0.4, 0.5) is 0 Å². The quantitative estimate of drug-likeness (QED) is 0.536. The van der Waals surface area contributed by atoms with Gasteiger partial charge in [-0.2, -0.15) is 5.10 Å². The van der Waals surface area contributed by atoms with Crippen molar-refractivity contribution in [3.05, 3.63) is 24.7 Å². The van der Waals surface area contributed by atoms with Gasteiger partial charge in [0, 0.05) is 6.07 Å². The van der Waals surface area contributed by atoms with E-state index < -0.39 is 0 Å². The van der Waals surface area contributed by atoms with Gasteiger partial charge in [-0.25, -0.2) is 4.98 Å². The Bertz CT molecular complexity index is 282. The lowest BCUT2D eigenvalue weighted by atomic mass is 10.3. The number of H-pyrrole nitrogens is 2. The third-order valence-electron chi connectivity index (χ3n) is 1.28. The van der Waals surface area contributed by atoms with Gasteiger partial charge in [0.15, 0.2) is 12.4 Å². The summed E-state index contributed by atoms with van der Waals surface area (Å²) in [6, 6.07) is 1.95. The van der Waals surface area contributed by atoms with Crippen LogP contribution in [0, 0.1) is 0 Å². The number of rotatable bonds is 0. The number of aromatic amines is 2. The van der Waals surface area contributed by atoms with Crippen LogP contribution in [0.5, 0.6) is 0 Å². The first-order valence-electron chi connectivity index (χ1n) is 2.76. The second-order valence-corrected chi connectivity index (χ2v) is 1.88. The number of aromatic nitrogens is 3. The van der Waals surface area contributed by atoms with E-state index in [2.05, 4.69) is 15.2 Å². The fourth-order valence-corrected chi connectivity index (χ4v) is 0.823. The maximum absolute atomic E-state index is 3.86. The zero-order valence-electron chi connectivity index (χ0n) is 4.76. The molecule has 0 unspecified atom stereocenters. The molecule has 2 aromatic rings. The monoisotopic (exact) mass is 120 g/mol. The van der Waals surface area contributed by atoms with Gasteiger partial charge in [0.25, 0.3) is 0 Å². The molecule has 0 aliphatic carbocycles. The third-order valence-corrected chi connectivity index (χ3v) is 1.28. The van der Waals surface area contributed by atoms with Gasteiger partial charge in [0.1, 0.15) is 0 Å². The van der Waals surface area contributed by atoms with Gasteiger partial charge in [-0.1, -0.05) is 0 Å². The van der Waals surface area contributed by atoms with Crippen LogP contribution in [0.2, 0.25) is 0 Å². The van der Waals surface area contributed by atoms with Crippen molar-refractivity contribution >= 4 is 10.9 Å². The fourth-order valence-electron chi connectivity index (χ4n) is 0.823. The number of hydrogen-bond acceptors (Lipinski definition) is 1. The summed E-state index contributed by atoms with van der Waals surface area (Å²) in [7, 11) is 0. The molecule has 0 saturated heterocycles. The van der Waals surface area contributed by atoms with Gasteiger partial charge in [0.05, 0.1) is 17.1 Å². The Morgan fingerprint density at radius 1 is 1.56 bits per heavy atom. The number of hydrogen-bond donors (Lipinski definition) is 1. The van der Waals surface area contributed by atoms with E-state index in [0.29, 0.717) is 0 Å². The third kappa shape index (κ3) is 0.579. The summed E-state index contributed by atoms with van der Waals surface area (Å²) in [5.41, 5.74) is 1.06. The van der Waals surface area contributed by atoms with E-state index >= 15 is 0 Å². The van der Waals surface area contributed by atoms with E-state index in [1.165, 1.54) is 0 Å². The number of fused-ring (bicyclic) bond motifs is 1. The standard InChI is InChI=1S/C6H5N3/c1-2-7-3-5-4-8-9-6(1)5/h1-4H,(H,8,9)/p+1. The van der Waals surface area contributed by atoms with Crippen molar-refractivity contribution in [1.82, 2.24) is 10.2 Å². The summed E-state index contributed by atoms with van der Waals surface area (Å²) < 4.78 is 0. The molecule has 0 aliphatic rings. The summed E-state index contributed by atoms with van der Waals surface area (Å²) >= 11 is 0. The molecule has 3 heteroatoms. The first-order valence-corrected chi connectivity index (χ1v) is 2.76. The van der Waals surface area contributed by atoms with Crippen molar-refractivity contribution in [1.29, 1.82) is 0 Å². The van der Waals surface area contributed by atoms with Gasteiger partial charge >= 0.3 is 0 Å². The molecular weight excluding hydrogens is 114 g/mol. The molecule has 3 nitrogen and oxygen atoms in total. The Labute approximate surface area is 51.7 Å². The largest absolute Gasteiger partial charge is 0.277 e. The summed E-state index contributed by atoms with van der Waals surface area (Å²) in [5.74, 6) is 0. The number of nitrogens with one attached hydrogen (secondary N) is 2. The van der Waals surface area contributed by atoms with Crippen molar-refractivity contribution in [3.63, 3.8) is 0 Å². The minimum atomic E-state index is 1.06. The highest BCUT2D eigenvalue weighted by atomic mass is 15.1. The Hall–Kier alpha value is -1.38. The molecule has 0 saturated carbocycles. The Morgan fingerprint density at radius 3 is 3.44 bits per heavy atom. The molecule has 0 aliphatic heterocycles. The maximum atomic E-state index is 3.86. The molecule has 0 bridgehead atoms. The predicted molar refractivity (Wildman–Crippen MR) is 32.6 cm³/mol. The molecule has 2 rings (SSSR count).